The van der Waals surface area contributed by atoms with Crippen LogP contribution < -0.4 is 15.2 Å². The first-order valence-electron chi connectivity index (χ1n) is 7.37. The molecule has 0 bridgehead atoms. The van der Waals surface area contributed by atoms with E-state index >= 15 is 0 Å². The van der Waals surface area contributed by atoms with Gasteiger partial charge < -0.3 is 15.2 Å². The van der Waals surface area contributed by atoms with E-state index in [4.69, 9.17) is 15.2 Å². The van der Waals surface area contributed by atoms with Gasteiger partial charge in [-0.25, -0.2) is 0 Å². The van der Waals surface area contributed by atoms with E-state index in [1.54, 1.807) is 0 Å². The van der Waals surface area contributed by atoms with Gasteiger partial charge in [-0.15, -0.1) is 0 Å². The summed E-state index contributed by atoms with van der Waals surface area (Å²) < 4.78 is 11.9. The average Bonchev–Trinajstić information content (AvgIpc) is 2.43. The fourth-order valence-electron chi connectivity index (χ4n) is 3.31. The van der Waals surface area contributed by atoms with Crippen molar-refractivity contribution in [3.05, 3.63) is 22.3 Å². The first-order chi connectivity index (χ1) is 9.18. The summed E-state index contributed by atoms with van der Waals surface area (Å²) in [4.78, 5) is 0. The lowest BCUT2D eigenvalue weighted by Crippen LogP contribution is -2.24. The highest BCUT2D eigenvalue weighted by atomic mass is 16.5. The van der Waals surface area contributed by atoms with Crippen LogP contribution in [0.3, 0.4) is 0 Å². The smallest absolute Gasteiger partial charge is 0.126 e. The number of benzene rings is 1. The SMILES string of the molecule is Cc1c2c(c(CC(C)N)c3c1OCCC3)OCCC2. The van der Waals surface area contributed by atoms with Crippen LogP contribution in [0.2, 0.25) is 0 Å². The Hall–Kier alpha value is -1.22. The second-order valence-corrected chi connectivity index (χ2v) is 5.80. The third-order valence-electron chi connectivity index (χ3n) is 4.14. The Kier molecular flexibility index (Phi) is 3.40. The molecule has 3 heteroatoms. The number of hydrogen-bond acceptors (Lipinski definition) is 3. The van der Waals surface area contributed by atoms with E-state index in [0.29, 0.717) is 0 Å². The highest BCUT2D eigenvalue weighted by Gasteiger charge is 2.27. The summed E-state index contributed by atoms with van der Waals surface area (Å²) in [7, 11) is 0. The van der Waals surface area contributed by atoms with E-state index in [1.807, 2.05) is 0 Å². The maximum atomic E-state index is 6.03. The molecule has 1 aromatic carbocycles. The molecule has 1 atom stereocenters. The van der Waals surface area contributed by atoms with Crippen LogP contribution in [-0.2, 0) is 19.3 Å². The van der Waals surface area contributed by atoms with Crippen molar-refractivity contribution < 1.29 is 9.47 Å². The van der Waals surface area contributed by atoms with E-state index in [0.717, 1.165) is 56.8 Å². The monoisotopic (exact) mass is 261 g/mol. The Bertz CT molecular complexity index is 457. The second kappa shape index (κ2) is 5.04. The van der Waals surface area contributed by atoms with Crippen LogP contribution in [0, 0.1) is 6.92 Å². The molecule has 3 nitrogen and oxygen atoms in total. The van der Waals surface area contributed by atoms with Crippen LogP contribution in [0.25, 0.3) is 0 Å². The van der Waals surface area contributed by atoms with Crippen molar-refractivity contribution in [2.75, 3.05) is 13.2 Å². The zero-order chi connectivity index (χ0) is 13.4. The maximum absolute atomic E-state index is 6.03. The summed E-state index contributed by atoms with van der Waals surface area (Å²) in [5.41, 5.74) is 11.3. The van der Waals surface area contributed by atoms with Crippen LogP contribution in [0.15, 0.2) is 0 Å². The van der Waals surface area contributed by atoms with Crippen LogP contribution in [0.5, 0.6) is 11.5 Å². The minimum atomic E-state index is 0.156. The third-order valence-corrected chi connectivity index (χ3v) is 4.14. The van der Waals surface area contributed by atoms with Gasteiger partial charge in [0.2, 0.25) is 0 Å². The summed E-state index contributed by atoms with van der Waals surface area (Å²) in [6.45, 7) is 5.90. The molecule has 3 rings (SSSR count). The highest BCUT2D eigenvalue weighted by Crippen LogP contribution is 2.43. The highest BCUT2D eigenvalue weighted by molar-refractivity contribution is 5.60. The number of hydrogen-bond donors (Lipinski definition) is 1. The number of nitrogens with two attached hydrogens (primary N) is 1. The van der Waals surface area contributed by atoms with Gasteiger partial charge in [-0.05, 0) is 51.5 Å². The molecule has 2 heterocycles. The molecule has 0 radical (unpaired) electrons. The van der Waals surface area contributed by atoms with Crippen molar-refractivity contribution in [2.24, 2.45) is 5.73 Å². The van der Waals surface area contributed by atoms with E-state index in [-0.39, 0.29) is 6.04 Å². The quantitative estimate of drug-likeness (QED) is 0.889. The van der Waals surface area contributed by atoms with Gasteiger partial charge in [0.25, 0.3) is 0 Å². The van der Waals surface area contributed by atoms with Gasteiger partial charge in [-0.2, -0.15) is 0 Å². The zero-order valence-electron chi connectivity index (χ0n) is 11.9. The first-order valence-corrected chi connectivity index (χ1v) is 7.37. The van der Waals surface area contributed by atoms with Crippen LogP contribution in [0.1, 0.15) is 42.0 Å². The standard InChI is InChI=1S/C16H23NO2/c1-10(17)9-14-13-6-4-7-18-15(13)11(2)12-5-3-8-19-16(12)14/h10H,3-9,17H2,1-2H3. The van der Waals surface area contributed by atoms with Gasteiger partial charge in [-0.3, -0.25) is 0 Å². The molecule has 0 saturated heterocycles. The minimum Gasteiger partial charge on any atom is -0.493 e. The molecular formula is C16H23NO2. The lowest BCUT2D eigenvalue weighted by Gasteiger charge is -2.30. The number of rotatable bonds is 2. The largest absolute Gasteiger partial charge is 0.493 e. The first kappa shape index (κ1) is 12.8. The summed E-state index contributed by atoms with van der Waals surface area (Å²) in [6.07, 6.45) is 5.27. The zero-order valence-corrected chi connectivity index (χ0v) is 11.9. The predicted molar refractivity (Wildman–Crippen MR) is 76.2 cm³/mol. The number of ether oxygens (including phenoxy) is 2. The van der Waals surface area contributed by atoms with Crippen molar-refractivity contribution in [3.8, 4) is 11.5 Å². The molecule has 0 saturated carbocycles. The number of fused-ring (bicyclic) bond motifs is 2. The summed E-state index contributed by atoms with van der Waals surface area (Å²) in [5.74, 6) is 2.23. The van der Waals surface area contributed by atoms with E-state index in [2.05, 4.69) is 13.8 Å². The lowest BCUT2D eigenvalue weighted by atomic mass is 9.87. The van der Waals surface area contributed by atoms with Gasteiger partial charge in [0.1, 0.15) is 11.5 Å². The van der Waals surface area contributed by atoms with Gasteiger partial charge in [0.15, 0.2) is 0 Å². The maximum Gasteiger partial charge on any atom is 0.126 e. The van der Waals surface area contributed by atoms with Crippen LogP contribution in [0.4, 0.5) is 0 Å². The Morgan fingerprint density at radius 2 is 1.68 bits per heavy atom. The van der Waals surface area contributed by atoms with Crippen molar-refractivity contribution in [1.29, 1.82) is 0 Å². The van der Waals surface area contributed by atoms with Gasteiger partial charge in [0.05, 0.1) is 13.2 Å². The molecule has 104 valence electrons. The molecule has 0 aliphatic carbocycles. The van der Waals surface area contributed by atoms with E-state index in [9.17, 15) is 0 Å². The Balaban J connectivity index is 2.18. The lowest BCUT2D eigenvalue weighted by molar-refractivity contribution is 0.267. The fourth-order valence-corrected chi connectivity index (χ4v) is 3.31. The topological polar surface area (TPSA) is 44.5 Å². The fraction of sp³-hybridized carbons (Fsp3) is 0.625. The van der Waals surface area contributed by atoms with E-state index in [1.165, 1.54) is 22.3 Å². The van der Waals surface area contributed by atoms with Gasteiger partial charge in [-0.1, -0.05) is 0 Å². The van der Waals surface area contributed by atoms with Gasteiger partial charge in [0, 0.05) is 22.7 Å². The minimum absolute atomic E-state index is 0.156. The Morgan fingerprint density at radius 3 is 2.37 bits per heavy atom. The molecule has 0 spiro atoms. The van der Waals surface area contributed by atoms with Crippen molar-refractivity contribution >= 4 is 0 Å². The molecule has 1 aromatic rings. The molecule has 2 aliphatic heterocycles. The Morgan fingerprint density at radius 1 is 1.05 bits per heavy atom. The summed E-state index contributed by atoms with van der Waals surface area (Å²) >= 11 is 0. The predicted octanol–water partition coefficient (Wildman–Crippen LogP) is 2.53. The average molecular weight is 261 g/mol. The second-order valence-electron chi connectivity index (χ2n) is 5.80. The molecule has 19 heavy (non-hydrogen) atoms. The van der Waals surface area contributed by atoms with Crippen molar-refractivity contribution in [1.82, 2.24) is 0 Å². The van der Waals surface area contributed by atoms with Crippen molar-refractivity contribution in [2.45, 2.75) is 52.0 Å². The van der Waals surface area contributed by atoms with Gasteiger partial charge >= 0.3 is 0 Å². The normalized spacial score (nSPS) is 18.9. The summed E-state index contributed by atoms with van der Waals surface area (Å²) in [6, 6.07) is 0.156. The van der Waals surface area contributed by atoms with Crippen LogP contribution >= 0.6 is 0 Å². The van der Waals surface area contributed by atoms with E-state index < -0.39 is 0 Å². The molecular weight excluding hydrogens is 238 g/mol. The van der Waals surface area contributed by atoms with Crippen LogP contribution in [-0.4, -0.2) is 19.3 Å². The Labute approximate surface area is 115 Å². The summed E-state index contributed by atoms with van der Waals surface area (Å²) in [5, 5.41) is 0. The molecule has 1 unspecified atom stereocenters. The molecule has 0 amide bonds. The molecule has 2 N–H and O–H groups in total. The van der Waals surface area contributed by atoms with Crippen molar-refractivity contribution in [3.63, 3.8) is 0 Å². The molecule has 0 fully saturated rings. The molecule has 2 aliphatic rings. The third kappa shape index (κ3) is 2.20. The molecule has 0 aromatic heterocycles.